The normalized spacial score (nSPS) is 14.8. The van der Waals surface area contributed by atoms with Crippen molar-refractivity contribution in [1.82, 2.24) is 0 Å². The van der Waals surface area contributed by atoms with Gasteiger partial charge in [-0.2, -0.15) is 0 Å². The third-order valence-electron chi connectivity index (χ3n) is 4.14. The molecule has 0 N–H and O–H groups in total. The standard InChI is InChI=1S/C19H20O4/c1-2-22-19(21)18(20)15-8-7-14-12-17(10-9-13(14)11-15)23-16-5-3-4-6-16/h7-12,16H,2-6H2,1H3. The molecule has 0 spiro atoms. The van der Waals surface area contributed by atoms with Crippen LogP contribution in [-0.2, 0) is 9.53 Å². The van der Waals surface area contributed by atoms with Crippen LogP contribution in [0.25, 0.3) is 10.8 Å². The van der Waals surface area contributed by atoms with E-state index in [0.717, 1.165) is 29.4 Å². The third-order valence-corrected chi connectivity index (χ3v) is 4.14. The van der Waals surface area contributed by atoms with Crippen LogP contribution in [0.4, 0.5) is 0 Å². The van der Waals surface area contributed by atoms with E-state index in [2.05, 4.69) is 0 Å². The van der Waals surface area contributed by atoms with E-state index in [1.54, 1.807) is 19.1 Å². The van der Waals surface area contributed by atoms with Crippen molar-refractivity contribution in [3.8, 4) is 5.75 Å². The van der Waals surface area contributed by atoms with Crippen LogP contribution in [-0.4, -0.2) is 24.5 Å². The molecule has 23 heavy (non-hydrogen) atoms. The predicted molar refractivity (Wildman–Crippen MR) is 87.8 cm³/mol. The molecule has 3 rings (SSSR count). The van der Waals surface area contributed by atoms with Gasteiger partial charge in [-0.25, -0.2) is 4.79 Å². The zero-order chi connectivity index (χ0) is 16.2. The molecule has 1 fully saturated rings. The molecule has 2 aromatic carbocycles. The first kappa shape index (κ1) is 15.5. The van der Waals surface area contributed by atoms with Crippen molar-refractivity contribution in [3.63, 3.8) is 0 Å². The van der Waals surface area contributed by atoms with Gasteiger partial charge in [0.05, 0.1) is 12.7 Å². The highest BCUT2D eigenvalue weighted by Crippen LogP contribution is 2.27. The van der Waals surface area contributed by atoms with Crippen molar-refractivity contribution in [3.05, 3.63) is 42.0 Å². The van der Waals surface area contributed by atoms with E-state index in [0.29, 0.717) is 11.7 Å². The highest BCUT2D eigenvalue weighted by atomic mass is 16.5. The van der Waals surface area contributed by atoms with E-state index >= 15 is 0 Å². The number of esters is 1. The summed E-state index contributed by atoms with van der Waals surface area (Å²) in [6.07, 6.45) is 5.02. The Kier molecular flexibility index (Phi) is 4.60. The number of fused-ring (bicyclic) bond motifs is 1. The smallest absolute Gasteiger partial charge is 0.379 e. The Balaban J connectivity index is 1.80. The first-order valence-electron chi connectivity index (χ1n) is 8.09. The summed E-state index contributed by atoms with van der Waals surface area (Å²) in [4.78, 5) is 23.5. The number of ketones is 1. The number of rotatable bonds is 5. The van der Waals surface area contributed by atoms with E-state index in [4.69, 9.17) is 9.47 Å². The van der Waals surface area contributed by atoms with Crippen molar-refractivity contribution in [1.29, 1.82) is 0 Å². The predicted octanol–water partition coefficient (Wildman–Crippen LogP) is 3.91. The number of carbonyl (C=O) groups is 2. The van der Waals surface area contributed by atoms with Gasteiger partial charge in [0.1, 0.15) is 5.75 Å². The maximum atomic E-state index is 12.0. The fraction of sp³-hybridized carbons (Fsp3) is 0.368. The second-order valence-corrected chi connectivity index (χ2v) is 5.80. The van der Waals surface area contributed by atoms with Crippen molar-refractivity contribution in [2.45, 2.75) is 38.7 Å². The van der Waals surface area contributed by atoms with Crippen molar-refractivity contribution in [2.75, 3.05) is 6.61 Å². The van der Waals surface area contributed by atoms with Gasteiger partial charge < -0.3 is 9.47 Å². The van der Waals surface area contributed by atoms with Crippen LogP contribution in [0.5, 0.6) is 5.75 Å². The lowest BCUT2D eigenvalue weighted by atomic mass is 10.0. The van der Waals surface area contributed by atoms with Crippen LogP contribution < -0.4 is 4.74 Å². The minimum atomic E-state index is -0.812. The SMILES string of the molecule is CCOC(=O)C(=O)c1ccc2cc(OC3CCCC3)ccc2c1. The van der Waals surface area contributed by atoms with Gasteiger partial charge in [0.2, 0.25) is 0 Å². The summed E-state index contributed by atoms with van der Waals surface area (Å²) in [5, 5.41) is 1.89. The first-order chi connectivity index (χ1) is 11.2. The fourth-order valence-electron chi connectivity index (χ4n) is 2.95. The Bertz CT molecular complexity index is 729. The first-order valence-corrected chi connectivity index (χ1v) is 8.09. The highest BCUT2D eigenvalue weighted by Gasteiger charge is 2.18. The summed E-state index contributed by atoms with van der Waals surface area (Å²) >= 11 is 0. The van der Waals surface area contributed by atoms with Crippen LogP contribution in [0.2, 0.25) is 0 Å². The molecule has 0 unspecified atom stereocenters. The Morgan fingerprint density at radius 1 is 1.04 bits per heavy atom. The van der Waals surface area contributed by atoms with Crippen LogP contribution in [0, 0.1) is 0 Å². The number of ether oxygens (including phenoxy) is 2. The average molecular weight is 312 g/mol. The summed E-state index contributed by atoms with van der Waals surface area (Å²) < 4.78 is 10.7. The van der Waals surface area contributed by atoms with Crippen LogP contribution in [0.1, 0.15) is 43.0 Å². The zero-order valence-electron chi connectivity index (χ0n) is 13.2. The molecule has 0 radical (unpaired) electrons. The van der Waals surface area contributed by atoms with E-state index in [-0.39, 0.29) is 6.61 Å². The van der Waals surface area contributed by atoms with Crippen LogP contribution in [0.3, 0.4) is 0 Å². The molecule has 1 aliphatic rings. The Morgan fingerprint density at radius 3 is 2.48 bits per heavy atom. The van der Waals surface area contributed by atoms with Gasteiger partial charge >= 0.3 is 5.97 Å². The van der Waals surface area contributed by atoms with Crippen molar-refractivity contribution < 1.29 is 19.1 Å². The molecule has 0 aliphatic heterocycles. The Labute approximate surface area is 135 Å². The van der Waals surface area contributed by atoms with Gasteiger partial charge in [-0.3, -0.25) is 4.79 Å². The summed E-state index contributed by atoms with van der Waals surface area (Å²) in [6.45, 7) is 1.87. The molecule has 0 bridgehead atoms. The van der Waals surface area contributed by atoms with Gasteiger partial charge in [0, 0.05) is 5.56 Å². The molecular formula is C19H20O4. The Morgan fingerprint density at radius 2 is 1.74 bits per heavy atom. The molecule has 0 aromatic heterocycles. The topological polar surface area (TPSA) is 52.6 Å². The molecule has 1 aliphatic carbocycles. The number of carbonyl (C=O) groups excluding carboxylic acids is 2. The van der Waals surface area contributed by atoms with E-state index in [1.165, 1.54) is 12.8 Å². The molecule has 120 valence electrons. The van der Waals surface area contributed by atoms with Gasteiger partial charge in [0.25, 0.3) is 5.78 Å². The molecular weight excluding hydrogens is 292 g/mol. The molecule has 1 saturated carbocycles. The largest absolute Gasteiger partial charge is 0.490 e. The molecule has 2 aromatic rings. The number of hydrogen-bond donors (Lipinski definition) is 0. The molecule has 0 amide bonds. The molecule has 0 atom stereocenters. The van der Waals surface area contributed by atoms with E-state index in [1.807, 2.05) is 24.3 Å². The molecule has 0 saturated heterocycles. The van der Waals surface area contributed by atoms with Crippen molar-refractivity contribution >= 4 is 22.5 Å². The molecule has 4 nitrogen and oxygen atoms in total. The van der Waals surface area contributed by atoms with Gasteiger partial charge in [-0.1, -0.05) is 18.2 Å². The van der Waals surface area contributed by atoms with Gasteiger partial charge in [-0.15, -0.1) is 0 Å². The average Bonchev–Trinajstić information content (AvgIpc) is 3.07. The minimum absolute atomic E-state index is 0.194. The van der Waals surface area contributed by atoms with Crippen molar-refractivity contribution in [2.24, 2.45) is 0 Å². The quantitative estimate of drug-likeness (QED) is 0.477. The van der Waals surface area contributed by atoms with E-state index in [9.17, 15) is 9.59 Å². The lowest BCUT2D eigenvalue weighted by Gasteiger charge is -2.13. The monoisotopic (exact) mass is 312 g/mol. The summed E-state index contributed by atoms with van der Waals surface area (Å²) in [6, 6.07) is 11.0. The number of Topliss-reactive ketones (excluding diaryl/α,β-unsaturated/α-hetero) is 1. The summed E-state index contributed by atoms with van der Waals surface area (Å²) in [7, 11) is 0. The second-order valence-electron chi connectivity index (χ2n) is 5.80. The third kappa shape index (κ3) is 3.52. The summed E-state index contributed by atoms with van der Waals surface area (Å²) in [5.41, 5.74) is 0.348. The lowest BCUT2D eigenvalue weighted by Crippen LogP contribution is -2.17. The van der Waals surface area contributed by atoms with E-state index < -0.39 is 11.8 Å². The molecule has 0 heterocycles. The maximum absolute atomic E-state index is 12.0. The lowest BCUT2D eigenvalue weighted by molar-refractivity contribution is -0.137. The molecule has 4 heteroatoms. The number of benzene rings is 2. The minimum Gasteiger partial charge on any atom is -0.490 e. The van der Waals surface area contributed by atoms with Crippen LogP contribution >= 0.6 is 0 Å². The summed E-state index contributed by atoms with van der Waals surface area (Å²) in [5.74, 6) is -0.568. The Hall–Kier alpha value is -2.36. The highest BCUT2D eigenvalue weighted by molar-refractivity contribution is 6.40. The van der Waals surface area contributed by atoms with Gasteiger partial charge in [0.15, 0.2) is 0 Å². The fourth-order valence-corrected chi connectivity index (χ4v) is 2.95. The van der Waals surface area contributed by atoms with Crippen LogP contribution in [0.15, 0.2) is 36.4 Å². The zero-order valence-corrected chi connectivity index (χ0v) is 13.2. The maximum Gasteiger partial charge on any atom is 0.379 e. The van der Waals surface area contributed by atoms with Gasteiger partial charge in [-0.05, 0) is 61.6 Å². The number of hydrogen-bond acceptors (Lipinski definition) is 4. The second kappa shape index (κ2) is 6.82.